The minimum atomic E-state index is -4.91. The second kappa shape index (κ2) is 4.83. The zero-order chi connectivity index (χ0) is 14.3. The lowest BCUT2D eigenvalue weighted by Crippen LogP contribution is -2.12. The molecule has 19 heavy (non-hydrogen) atoms. The van der Waals surface area contributed by atoms with Crippen LogP contribution in [0.3, 0.4) is 0 Å². The number of pyridine rings is 1. The quantitative estimate of drug-likeness (QED) is 0.525. The average molecular weight is 306 g/mol. The maximum absolute atomic E-state index is 11.2. The van der Waals surface area contributed by atoms with Crippen LogP contribution in [0.2, 0.25) is 0 Å². The van der Waals surface area contributed by atoms with E-state index >= 15 is 0 Å². The predicted octanol–water partition coefficient (Wildman–Crippen LogP) is 0.787. The molecule has 0 aliphatic heterocycles. The van der Waals surface area contributed by atoms with Crippen molar-refractivity contribution in [3.8, 4) is 0 Å². The van der Waals surface area contributed by atoms with Crippen molar-refractivity contribution >= 4 is 26.1 Å². The third kappa shape index (κ3) is 3.12. The fraction of sp³-hybridized carbons (Fsp3) is 0.222. The summed E-state index contributed by atoms with van der Waals surface area (Å²) < 4.78 is 22.4. The molecular formula is C9H12N2O6P2. The number of hydrogen-bond donors (Lipinski definition) is 5. The van der Waals surface area contributed by atoms with Crippen molar-refractivity contribution in [2.45, 2.75) is 11.8 Å². The summed E-state index contributed by atoms with van der Waals surface area (Å²) in [6.45, 7) is 0. The van der Waals surface area contributed by atoms with Crippen LogP contribution in [0.15, 0.2) is 24.7 Å². The lowest BCUT2D eigenvalue weighted by Gasteiger charge is -2.19. The molecule has 0 amide bonds. The minimum Gasteiger partial charge on any atom is -0.361 e. The van der Waals surface area contributed by atoms with Gasteiger partial charge in [0.25, 0.3) is 0 Å². The first-order valence-electron chi connectivity index (χ1n) is 5.20. The van der Waals surface area contributed by atoms with Gasteiger partial charge in [0, 0.05) is 35.9 Å². The Labute approximate surface area is 107 Å². The molecule has 2 aromatic heterocycles. The molecule has 0 atom stereocenters. The number of aromatic amines is 1. The van der Waals surface area contributed by atoms with Crippen LogP contribution in [0.1, 0.15) is 5.56 Å². The van der Waals surface area contributed by atoms with E-state index in [1.807, 2.05) is 0 Å². The molecule has 0 spiro atoms. The maximum atomic E-state index is 11.2. The van der Waals surface area contributed by atoms with Crippen molar-refractivity contribution in [3.63, 3.8) is 0 Å². The molecule has 5 N–H and O–H groups in total. The van der Waals surface area contributed by atoms with Crippen molar-refractivity contribution in [3.05, 3.63) is 30.2 Å². The molecular weight excluding hydrogens is 294 g/mol. The van der Waals surface area contributed by atoms with Gasteiger partial charge in [-0.15, -0.1) is 0 Å². The van der Waals surface area contributed by atoms with Gasteiger partial charge >= 0.3 is 15.2 Å². The normalized spacial score (nSPS) is 13.3. The van der Waals surface area contributed by atoms with E-state index in [0.29, 0.717) is 16.5 Å². The van der Waals surface area contributed by atoms with Crippen LogP contribution in [-0.2, 0) is 15.6 Å². The summed E-state index contributed by atoms with van der Waals surface area (Å²) in [4.78, 5) is 43.0. The molecule has 0 aliphatic rings. The molecule has 104 valence electrons. The van der Waals surface area contributed by atoms with Crippen LogP contribution in [0.5, 0.6) is 0 Å². The van der Waals surface area contributed by atoms with Crippen LogP contribution in [0, 0.1) is 0 Å². The Kier molecular flexibility index (Phi) is 3.66. The molecule has 8 nitrogen and oxygen atoms in total. The molecule has 2 aromatic rings. The fourth-order valence-electron chi connectivity index (χ4n) is 1.82. The molecule has 10 heteroatoms. The molecule has 2 rings (SSSR count). The molecule has 0 radical (unpaired) electrons. The van der Waals surface area contributed by atoms with E-state index < -0.39 is 27.0 Å². The van der Waals surface area contributed by atoms with Crippen molar-refractivity contribution in [2.24, 2.45) is 0 Å². The van der Waals surface area contributed by atoms with Gasteiger partial charge in [-0.2, -0.15) is 0 Å². The standard InChI is InChI=1S/C9H12N2O6P2/c12-18(13,14)9(19(15,16)17)3-6-4-11-8-1-2-10-5-7(6)8/h1-2,4-5,9,11H,3H2,(H2,12,13,14)(H2,15,16,17). The third-order valence-electron chi connectivity index (χ3n) is 2.75. The fourth-order valence-corrected chi connectivity index (χ4v) is 4.25. The van der Waals surface area contributed by atoms with Crippen molar-refractivity contribution in [1.82, 2.24) is 9.97 Å². The van der Waals surface area contributed by atoms with Gasteiger partial charge < -0.3 is 24.6 Å². The van der Waals surface area contributed by atoms with Crippen LogP contribution in [0.4, 0.5) is 0 Å². The topological polar surface area (TPSA) is 144 Å². The van der Waals surface area contributed by atoms with E-state index in [9.17, 15) is 9.13 Å². The lowest BCUT2D eigenvalue weighted by molar-refractivity contribution is 0.338. The smallest absolute Gasteiger partial charge is 0.341 e. The van der Waals surface area contributed by atoms with Gasteiger partial charge in [-0.1, -0.05) is 0 Å². The zero-order valence-corrected chi connectivity index (χ0v) is 11.3. The number of nitrogens with zero attached hydrogens (tertiary/aromatic N) is 1. The van der Waals surface area contributed by atoms with Crippen LogP contribution in [-0.4, -0.2) is 34.9 Å². The molecule has 0 aromatic carbocycles. The van der Waals surface area contributed by atoms with Gasteiger partial charge in [0.1, 0.15) is 0 Å². The highest BCUT2D eigenvalue weighted by Gasteiger charge is 2.43. The van der Waals surface area contributed by atoms with E-state index in [0.717, 1.165) is 0 Å². The lowest BCUT2D eigenvalue weighted by atomic mass is 10.2. The second-order valence-electron chi connectivity index (χ2n) is 4.10. The summed E-state index contributed by atoms with van der Waals surface area (Å²) in [5.41, 5.74) is 1.08. The predicted molar refractivity (Wildman–Crippen MR) is 67.7 cm³/mol. The van der Waals surface area contributed by atoms with E-state index in [2.05, 4.69) is 9.97 Å². The average Bonchev–Trinajstić information content (AvgIpc) is 2.66. The van der Waals surface area contributed by atoms with E-state index in [1.165, 1.54) is 18.6 Å². The molecule has 0 unspecified atom stereocenters. The zero-order valence-electron chi connectivity index (χ0n) is 9.54. The molecule has 0 saturated carbocycles. The molecule has 0 aliphatic carbocycles. The van der Waals surface area contributed by atoms with Gasteiger partial charge in [-0.25, -0.2) is 0 Å². The summed E-state index contributed by atoms with van der Waals surface area (Å²) in [6.07, 6.45) is 4.04. The number of aromatic nitrogens is 2. The van der Waals surface area contributed by atoms with Gasteiger partial charge in [0.2, 0.25) is 0 Å². The first-order chi connectivity index (χ1) is 8.69. The summed E-state index contributed by atoms with van der Waals surface area (Å²) in [5, 5.41) is -1.46. The Balaban J connectivity index is 2.43. The number of hydrogen-bond acceptors (Lipinski definition) is 3. The van der Waals surface area contributed by atoms with E-state index in [4.69, 9.17) is 19.6 Å². The van der Waals surface area contributed by atoms with E-state index in [1.54, 1.807) is 6.07 Å². The Morgan fingerprint density at radius 2 is 1.84 bits per heavy atom. The summed E-state index contributed by atoms with van der Waals surface area (Å²) in [6, 6.07) is 1.66. The van der Waals surface area contributed by atoms with Gasteiger partial charge in [-0.05, 0) is 11.6 Å². The summed E-state index contributed by atoms with van der Waals surface area (Å²) in [7, 11) is -9.83. The maximum Gasteiger partial charge on any atom is 0.341 e. The van der Waals surface area contributed by atoms with E-state index in [-0.39, 0.29) is 0 Å². The summed E-state index contributed by atoms with van der Waals surface area (Å²) in [5.74, 6) is 0. The number of rotatable bonds is 4. The largest absolute Gasteiger partial charge is 0.361 e. The Morgan fingerprint density at radius 3 is 2.42 bits per heavy atom. The highest BCUT2D eigenvalue weighted by atomic mass is 31.2. The first kappa shape index (κ1) is 14.4. The van der Waals surface area contributed by atoms with Crippen LogP contribution < -0.4 is 0 Å². The second-order valence-corrected chi connectivity index (χ2v) is 8.11. The molecule has 0 bridgehead atoms. The van der Waals surface area contributed by atoms with Gasteiger partial charge in [-0.3, -0.25) is 14.1 Å². The summed E-state index contributed by atoms with van der Waals surface area (Å²) >= 11 is 0. The molecule has 2 heterocycles. The number of H-pyrrole nitrogens is 1. The first-order valence-corrected chi connectivity index (χ1v) is 8.56. The van der Waals surface area contributed by atoms with Crippen LogP contribution in [0.25, 0.3) is 10.9 Å². The van der Waals surface area contributed by atoms with Gasteiger partial charge in [0.15, 0.2) is 5.40 Å². The van der Waals surface area contributed by atoms with Crippen LogP contribution >= 0.6 is 15.2 Å². The molecule has 0 fully saturated rings. The van der Waals surface area contributed by atoms with Gasteiger partial charge in [0.05, 0.1) is 0 Å². The highest BCUT2D eigenvalue weighted by Crippen LogP contribution is 2.61. The third-order valence-corrected chi connectivity index (χ3v) is 6.47. The Morgan fingerprint density at radius 1 is 1.21 bits per heavy atom. The Hall–Kier alpha value is -1.01. The van der Waals surface area contributed by atoms with Crippen molar-refractivity contribution in [2.75, 3.05) is 0 Å². The Bertz CT molecular complexity index is 665. The van der Waals surface area contributed by atoms with Crippen molar-refractivity contribution in [1.29, 1.82) is 0 Å². The van der Waals surface area contributed by atoms with Crippen molar-refractivity contribution < 1.29 is 28.7 Å². The minimum absolute atomic E-state index is 0.403. The highest BCUT2D eigenvalue weighted by molar-refractivity contribution is 7.70. The number of nitrogens with one attached hydrogen (secondary N) is 1. The SMILES string of the molecule is O=P(O)(O)C(Cc1c[nH]c2ccncc12)P(=O)(O)O. The number of fused-ring (bicyclic) bond motifs is 1. The monoisotopic (exact) mass is 306 g/mol. The molecule has 0 saturated heterocycles.